The summed E-state index contributed by atoms with van der Waals surface area (Å²) in [5.74, 6) is 0.226. The van der Waals surface area contributed by atoms with E-state index in [0.29, 0.717) is 29.6 Å². The average molecular weight is 333 g/mol. The molecular weight excluding hydrogens is 320 g/mol. The summed E-state index contributed by atoms with van der Waals surface area (Å²) >= 11 is 10.9. The molecule has 1 amide bonds. The first-order valence-corrected chi connectivity index (χ1v) is 7.41. The van der Waals surface area contributed by atoms with Crippen molar-refractivity contribution in [3.63, 3.8) is 0 Å². The van der Waals surface area contributed by atoms with Gasteiger partial charge in [0, 0.05) is 17.8 Å². The van der Waals surface area contributed by atoms with Crippen molar-refractivity contribution < 1.29 is 4.79 Å². The van der Waals surface area contributed by atoms with Crippen molar-refractivity contribution >= 4 is 40.4 Å². The van der Waals surface area contributed by atoms with Crippen LogP contribution in [0.5, 0.6) is 0 Å². The number of rotatable bonds is 3. The predicted molar refractivity (Wildman–Crippen MR) is 89.9 cm³/mol. The van der Waals surface area contributed by atoms with Crippen molar-refractivity contribution in [3.8, 4) is 0 Å². The van der Waals surface area contributed by atoms with Crippen LogP contribution in [0.2, 0.25) is 5.02 Å². The van der Waals surface area contributed by atoms with Crippen molar-refractivity contribution in [3.05, 3.63) is 58.1 Å². The maximum atomic E-state index is 12.0. The van der Waals surface area contributed by atoms with E-state index < -0.39 is 0 Å². The summed E-state index contributed by atoms with van der Waals surface area (Å²) in [4.78, 5) is 16.8. The summed E-state index contributed by atoms with van der Waals surface area (Å²) in [7, 11) is 0. The summed E-state index contributed by atoms with van der Waals surface area (Å²) in [6, 6.07) is 7.42. The zero-order chi connectivity index (χ0) is 15.7. The zero-order valence-electron chi connectivity index (χ0n) is 11.5. The number of hydrogen-bond donors (Lipinski definition) is 3. The minimum absolute atomic E-state index is 0.223. The van der Waals surface area contributed by atoms with Crippen LogP contribution in [-0.2, 0) is 13.1 Å². The molecule has 0 unspecified atom stereocenters. The van der Waals surface area contributed by atoms with E-state index in [4.69, 9.17) is 29.6 Å². The van der Waals surface area contributed by atoms with E-state index in [1.165, 1.54) is 0 Å². The van der Waals surface area contributed by atoms with Crippen molar-refractivity contribution in [1.29, 1.82) is 0 Å². The van der Waals surface area contributed by atoms with Crippen LogP contribution in [0.1, 0.15) is 21.6 Å². The summed E-state index contributed by atoms with van der Waals surface area (Å²) in [6.45, 7) is 0.889. The first-order chi connectivity index (χ1) is 10.6. The lowest BCUT2D eigenvalue weighted by Gasteiger charge is -2.30. The molecule has 3 rings (SSSR count). The van der Waals surface area contributed by atoms with Gasteiger partial charge in [0.05, 0.1) is 12.2 Å². The van der Waals surface area contributed by atoms with Crippen LogP contribution in [0.25, 0.3) is 0 Å². The lowest BCUT2D eigenvalue weighted by molar-refractivity contribution is 0.0957. The molecule has 1 aliphatic rings. The van der Waals surface area contributed by atoms with Gasteiger partial charge in [-0.3, -0.25) is 10.1 Å². The van der Waals surface area contributed by atoms with Crippen molar-refractivity contribution in [1.82, 2.24) is 10.3 Å². The Balaban J connectivity index is 2.03. The van der Waals surface area contributed by atoms with E-state index in [9.17, 15) is 4.79 Å². The molecular formula is C15H13ClN4OS. The molecule has 112 valence electrons. The smallest absolute Gasteiger partial charge is 0.275 e. The molecule has 1 aromatic carbocycles. The first kappa shape index (κ1) is 14.8. The highest BCUT2D eigenvalue weighted by atomic mass is 35.5. The van der Waals surface area contributed by atoms with Gasteiger partial charge in [0.2, 0.25) is 0 Å². The lowest BCUT2D eigenvalue weighted by atomic mass is 10.1. The Morgan fingerprint density at radius 2 is 2.14 bits per heavy atom. The van der Waals surface area contributed by atoms with Crippen molar-refractivity contribution in [2.24, 2.45) is 5.73 Å². The number of aromatic amines is 1. The number of nitrogens with two attached hydrogens (primary N) is 1. The van der Waals surface area contributed by atoms with E-state index in [1.807, 2.05) is 29.2 Å². The fourth-order valence-electron chi connectivity index (χ4n) is 2.48. The number of fused-ring (bicyclic) bond motifs is 1. The molecule has 0 atom stereocenters. The van der Waals surface area contributed by atoms with Crippen LogP contribution < -0.4 is 16.0 Å². The lowest BCUT2D eigenvalue weighted by Crippen LogP contribution is -2.41. The van der Waals surface area contributed by atoms with Gasteiger partial charge in [-0.2, -0.15) is 0 Å². The number of hydrogen-bond acceptors (Lipinski definition) is 4. The third kappa shape index (κ3) is 2.53. The standard InChI is InChI=1S/C15H13ClN4OS/c16-11-2-1-9(10(5-11)6-17)7-20-12-3-4-18-14(12)15(21)19-13(20)8-22/h1-5,18H,6-7,17H2,(H,19,21). The normalized spacial score (nSPS) is 13.6. The molecule has 0 spiro atoms. The van der Waals surface area contributed by atoms with Crippen LogP contribution in [0.15, 0.2) is 36.3 Å². The maximum absolute atomic E-state index is 12.0. The molecule has 0 fully saturated rings. The van der Waals surface area contributed by atoms with Gasteiger partial charge in [0.25, 0.3) is 5.91 Å². The molecule has 2 heterocycles. The third-order valence-electron chi connectivity index (χ3n) is 3.56. The van der Waals surface area contributed by atoms with Gasteiger partial charge in [0.1, 0.15) is 5.69 Å². The Morgan fingerprint density at radius 1 is 1.32 bits per heavy atom. The molecule has 0 saturated carbocycles. The number of carbonyl (C=O) groups is 1. The number of nitrogens with one attached hydrogen (secondary N) is 2. The van der Waals surface area contributed by atoms with Crippen LogP contribution in [0, 0.1) is 0 Å². The third-order valence-corrected chi connectivity index (χ3v) is 3.99. The minimum Gasteiger partial charge on any atom is -0.355 e. The van der Waals surface area contributed by atoms with Crippen molar-refractivity contribution in [2.45, 2.75) is 13.1 Å². The summed E-state index contributed by atoms with van der Waals surface area (Å²) in [5.41, 5.74) is 9.01. The number of carbonyl (C=O) groups excluding carboxylic acids is 1. The molecule has 4 N–H and O–H groups in total. The Labute approximate surface area is 137 Å². The van der Waals surface area contributed by atoms with Gasteiger partial charge in [-0.15, -0.1) is 0 Å². The second-order valence-electron chi connectivity index (χ2n) is 4.85. The number of amides is 1. The maximum Gasteiger partial charge on any atom is 0.275 e. The molecule has 0 saturated heterocycles. The average Bonchev–Trinajstić information content (AvgIpc) is 3.01. The monoisotopic (exact) mass is 332 g/mol. The second-order valence-corrected chi connectivity index (χ2v) is 5.49. The Morgan fingerprint density at radius 3 is 2.86 bits per heavy atom. The second kappa shape index (κ2) is 5.94. The first-order valence-electron chi connectivity index (χ1n) is 6.62. The Hall–Kier alpha value is -2.11. The molecule has 0 aliphatic carbocycles. The number of aromatic nitrogens is 1. The quantitative estimate of drug-likeness (QED) is 0.754. The van der Waals surface area contributed by atoms with Crippen LogP contribution in [0.4, 0.5) is 5.69 Å². The predicted octanol–water partition coefficient (Wildman–Crippen LogP) is 2.32. The topological polar surface area (TPSA) is 74.2 Å². The van der Waals surface area contributed by atoms with E-state index in [2.05, 4.69) is 15.3 Å². The van der Waals surface area contributed by atoms with E-state index in [-0.39, 0.29) is 5.91 Å². The summed E-state index contributed by atoms with van der Waals surface area (Å²) in [6.07, 6.45) is 1.72. The highest BCUT2D eigenvalue weighted by molar-refractivity contribution is 7.78. The fourth-order valence-corrected chi connectivity index (χ4v) is 2.84. The fraction of sp³-hybridized carbons (Fsp3) is 0.133. The van der Waals surface area contributed by atoms with E-state index in [1.54, 1.807) is 6.20 Å². The number of benzene rings is 1. The van der Waals surface area contributed by atoms with E-state index >= 15 is 0 Å². The van der Waals surface area contributed by atoms with Gasteiger partial charge >= 0.3 is 0 Å². The number of halogens is 1. The zero-order valence-corrected chi connectivity index (χ0v) is 13.1. The van der Waals surface area contributed by atoms with Crippen LogP contribution >= 0.6 is 23.8 Å². The number of nitrogens with zero attached hydrogens (tertiary/aromatic N) is 1. The molecule has 1 aromatic heterocycles. The largest absolute Gasteiger partial charge is 0.355 e. The molecule has 0 bridgehead atoms. The number of anilines is 1. The molecule has 2 aromatic rings. The Bertz CT molecular complexity index is 795. The highest BCUT2D eigenvalue weighted by Crippen LogP contribution is 2.29. The van der Waals surface area contributed by atoms with Crippen LogP contribution in [-0.4, -0.2) is 15.9 Å². The summed E-state index contributed by atoms with van der Waals surface area (Å²) in [5, 5.41) is 5.98. The molecule has 0 radical (unpaired) electrons. The molecule has 1 aliphatic heterocycles. The van der Waals surface area contributed by atoms with Crippen LogP contribution in [0.3, 0.4) is 0 Å². The van der Waals surface area contributed by atoms with Crippen molar-refractivity contribution in [2.75, 3.05) is 4.90 Å². The SMILES string of the molecule is NCc1cc(Cl)ccc1CN1C(=C=S)NC(=O)c2[nH]ccc21. The van der Waals surface area contributed by atoms with Gasteiger partial charge in [0.15, 0.2) is 5.82 Å². The van der Waals surface area contributed by atoms with Gasteiger partial charge in [-0.1, -0.05) is 17.7 Å². The number of H-pyrrole nitrogens is 1. The molecule has 22 heavy (non-hydrogen) atoms. The van der Waals surface area contributed by atoms with E-state index in [0.717, 1.165) is 16.8 Å². The highest BCUT2D eigenvalue weighted by Gasteiger charge is 2.28. The molecule has 5 nitrogen and oxygen atoms in total. The number of thiocarbonyl (C=S) groups is 1. The van der Waals surface area contributed by atoms with Gasteiger partial charge in [-0.05, 0) is 46.6 Å². The summed E-state index contributed by atoms with van der Waals surface area (Å²) < 4.78 is 0. The molecule has 7 heteroatoms. The van der Waals surface area contributed by atoms with Gasteiger partial charge in [-0.25, -0.2) is 0 Å². The minimum atomic E-state index is -0.223. The van der Waals surface area contributed by atoms with Gasteiger partial charge < -0.3 is 15.6 Å². The Kier molecular flexibility index (Phi) is 4.00.